The predicted octanol–water partition coefficient (Wildman–Crippen LogP) is 4.17. The molecule has 1 heterocycles. The molecule has 3 aromatic rings. The highest BCUT2D eigenvalue weighted by atomic mass is 32.1. The van der Waals surface area contributed by atoms with Gasteiger partial charge in [-0.05, 0) is 29.1 Å². The summed E-state index contributed by atoms with van der Waals surface area (Å²) in [7, 11) is 7.01. The predicted molar refractivity (Wildman–Crippen MR) is 110 cm³/mol. The average Bonchev–Trinajstić information content (AvgIpc) is 3.25. The van der Waals surface area contributed by atoms with Crippen LogP contribution in [0.3, 0.4) is 0 Å². The SMILES string of the molecule is COC(=O)c1c(C(=O)OC)c(-c2ccc(OC)c(OC)c2)c2sccc2c1OC. The number of ether oxygens (including phenoxy) is 5. The number of thiophene rings is 1. The molecule has 29 heavy (non-hydrogen) atoms. The summed E-state index contributed by atoms with van der Waals surface area (Å²) in [5, 5.41) is 2.55. The van der Waals surface area contributed by atoms with Gasteiger partial charge in [0.25, 0.3) is 0 Å². The van der Waals surface area contributed by atoms with Crippen molar-refractivity contribution < 1.29 is 33.3 Å². The third-order valence-corrected chi connectivity index (χ3v) is 5.45. The molecule has 1 aromatic heterocycles. The minimum Gasteiger partial charge on any atom is -0.495 e. The number of carbonyl (C=O) groups is 2. The second kappa shape index (κ2) is 8.40. The minimum absolute atomic E-state index is 0.0116. The monoisotopic (exact) mass is 416 g/mol. The number of benzene rings is 2. The van der Waals surface area contributed by atoms with Crippen molar-refractivity contribution in [2.24, 2.45) is 0 Å². The first-order valence-corrected chi connectivity index (χ1v) is 9.40. The van der Waals surface area contributed by atoms with Crippen LogP contribution in [0.4, 0.5) is 0 Å². The molecule has 0 aliphatic carbocycles. The van der Waals surface area contributed by atoms with Gasteiger partial charge in [0, 0.05) is 15.6 Å². The summed E-state index contributed by atoms with van der Waals surface area (Å²) in [6, 6.07) is 7.09. The maximum absolute atomic E-state index is 12.8. The molecule has 7 nitrogen and oxygen atoms in total. The first kappa shape index (κ1) is 20.5. The highest BCUT2D eigenvalue weighted by Gasteiger charge is 2.31. The van der Waals surface area contributed by atoms with Crippen molar-refractivity contribution in [3.8, 4) is 28.4 Å². The molecule has 3 rings (SSSR count). The fourth-order valence-electron chi connectivity index (χ4n) is 3.25. The van der Waals surface area contributed by atoms with E-state index in [0.29, 0.717) is 28.0 Å². The molecule has 0 spiro atoms. The highest BCUT2D eigenvalue weighted by molar-refractivity contribution is 7.18. The van der Waals surface area contributed by atoms with E-state index in [4.69, 9.17) is 23.7 Å². The molecule has 0 radical (unpaired) electrons. The lowest BCUT2D eigenvalue weighted by atomic mass is 9.92. The quantitative estimate of drug-likeness (QED) is 0.558. The van der Waals surface area contributed by atoms with Crippen LogP contribution in [-0.4, -0.2) is 47.5 Å². The highest BCUT2D eigenvalue weighted by Crippen LogP contribution is 2.46. The first-order valence-electron chi connectivity index (χ1n) is 8.52. The molecule has 0 aliphatic rings. The van der Waals surface area contributed by atoms with E-state index < -0.39 is 11.9 Å². The van der Waals surface area contributed by atoms with Crippen molar-refractivity contribution in [2.45, 2.75) is 0 Å². The van der Waals surface area contributed by atoms with Crippen LogP contribution in [-0.2, 0) is 9.47 Å². The Kier molecular flexibility index (Phi) is 5.93. The third kappa shape index (κ3) is 3.36. The molecule has 0 atom stereocenters. The van der Waals surface area contributed by atoms with Gasteiger partial charge in [0.2, 0.25) is 0 Å². The van der Waals surface area contributed by atoms with E-state index in [-0.39, 0.29) is 16.9 Å². The van der Waals surface area contributed by atoms with E-state index in [2.05, 4.69) is 0 Å². The minimum atomic E-state index is -0.697. The molecule has 0 saturated heterocycles. The molecular formula is C21H20O7S. The van der Waals surface area contributed by atoms with Crippen LogP contribution in [0.2, 0.25) is 0 Å². The standard InChI is InChI=1S/C21H20O7S/c1-24-13-7-6-11(10-14(13)25-2)15-16(20(22)27-4)17(21(23)28-5)18(26-3)12-8-9-29-19(12)15/h6-10H,1-5H3. The smallest absolute Gasteiger partial charge is 0.342 e. The Hall–Kier alpha value is -3.26. The van der Waals surface area contributed by atoms with Crippen molar-refractivity contribution in [1.29, 1.82) is 0 Å². The van der Waals surface area contributed by atoms with Crippen molar-refractivity contribution in [2.75, 3.05) is 35.5 Å². The van der Waals surface area contributed by atoms with Gasteiger partial charge in [0.15, 0.2) is 11.5 Å². The lowest BCUT2D eigenvalue weighted by molar-refractivity contribution is 0.0553. The normalized spacial score (nSPS) is 10.5. The number of hydrogen-bond donors (Lipinski definition) is 0. The Morgan fingerprint density at radius 1 is 0.793 bits per heavy atom. The number of esters is 2. The van der Waals surface area contributed by atoms with Gasteiger partial charge in [-0.15, -0.1) is 11.3 Å². The van der Waals surface area contributed by atoms with Crippen molar-refractivity contribution in [3.05, 3.63) is 40.8 Å². The first-order chi connectivity index (χ1) is 14.0. The molecule has 0 aliphatic heterocycles. The Bertz CT molecular complexity index is 1080. The van der Waals surface area contributed by atoms with E-state index in [1.165, 1.54) is 46.9 Å². The molecular weight excluding hydrogens is 396 g/mol. The summed E-state index contributed by atoms with van der Waals surface area (Å²) in [6.45, 7) is 0. The number of rotatable bonds is 6. The summed E-state index contributed by atoms with van der Waals surface area (Å²) < 4.78 is 26.9. The van der Waals surface area contributed by atoms with E-state index in [1.54, 1.807) is 18.2 Å². The van der Waals surface area contributed by atoms with Crippen molar-refractivity contribution >= 4 is 33.4 Å². The Balaban J connectivity index is 2.50. The molecule has 0 bridgehead atoms. The lowest BCUT2D eigenvalue weighted by Crippen LogP contribution is -2.15. The summed E-state index contributed by atoms with van der Waals surface area (Å²) >= 11 is 1.42. The zero-order valence-electron chi connectivity index (χ0n) is 16.7. The molecule has 0 unspecified atom stereocenters. The summed E-state index contributed by atoms with van der Waals surface area (Å²) in [5.74, 6) is -0.0838. The van der Waals surface area contributed by atoms with E-state index in [9.17, 15) is 9.59 Å². The van der Waals surface area contributed by atoms with Crippen LogP contribution in [0, 0.1) is 0 Å². The molecule has 8 heteroatoms. The second-order valence-corrected chi connectivity index (χ2v) is 6.79. The fourth-order valence-corrected chi connectivity index (χ4v) is 4.22. The Labute approximate surface area is 171 Å². The van der Waals surface area contributed by atoms with Gasteiger partial charge in [0.05, 0.1) is 41.1 Å². The van der Waals surface area contributed by atoms with Crippen LogP contribution >= 0.6 is 11.3 Å². The Morgan fingerprint density at radius 3 is 2.03 bits per heavy atom. The number of carbonyl (C=O) groups excluding carboxylic acids is 2. The van der Waals surface area contributed by atoms with Gasteiger partial charge in [-0.2, -0.15) is 0 Å². The van der Waals surface area contributed by atoms with E-state index in [0.717, 1.165) is 4.70 Å². The Morgan fingerprint density at radius 2 is 1.45 bits per heavy atom. The zero-order chi connectivity index (χ0) is 21.1. The maximum atomic E-state index is 12.8. The molecule has 152 valence electrons. The third-order valence-electron chi connectivity index (χ3n) is 4.52. The van der Waals surface area contributed by atoms with Crippen molar-refractivity contribution in [1.82, 2.24) is 0 Å². The van der Waals surface area contributed by atoms with Crippen LogP contribution in [0.15, 0.2) is 29.6 Å². The van der Waals surface area contributed by atoms with Gasteiger partial charge in [0.1, 0.15) is 11.3 Å². The summed E-state index contributed by atoms with van der Waals surface area (Å²) in [5.41, 5.74) is 1.27. The average molecular weight is 416 g/mol. The molecule has 0 amide bonds. The van der Waals surface area contributed by atoms with E-state index in [1.807, 2.05) is 11.4 Å². The fraction of sp³-hybridized carbons (Fsp3) is 0.238. The van der Waals surface area contributed by atoms with Crippen LogP contribution in [0.5, 0.6) is 17.2 Å². The molecule has 2 aromatic carbocycles. The lowest BCUT2D eigenvalue weighted by Gasteiger charge is -2.18. The number of methoxy groups -OCH3 is 5. The van der Waals surface area contributed by atoms with Crippen LogP contribution < -0.4 is 14.2 Å². The molecule has 0 N–H and O–H groups in total. The van der Waals surface area contributed by atoms with Gasteiger partial charge in [-0.25, -0.2) is 9.59 Å². The largest absolute Gasteiger partial charge is 0.495 e. The van der Waals surface area contributed by atoms with Crippen LogP contribution in [0.1, 0.15) is 20.7 Å². The van der Waals surface area contributed by atoms with Gasteiger partial charge < -0.3 is 23.7 Å². The number of hydrogen-bond acceptors (Lipinski definition) is 8. The number of fused-ring (bicyclic) bond motifs is 1. The van der Waals surface area contributed by atoms with Gasteiger partial charge in [-0.3, -0.25) is 0 Å². The van der Waals surface area contributed by atoms with E-state index >= 15 is 0 Å². The topological polar surface area (TPSA) is 80.3 Å². The summed E-state index contributed by atoms with van der Waals surface area (Å²) in [6.07, 6.45) is 0. The summed E-state index contributed by atoms with van der Waals surface area (Å²) in [4.78, 5) is 25.5. The molecule has 0 fully saturated rings. The van der Waals surface area contributed by atoms with Crippen LogP contribution in [0.25, 0.3) is 21.2 Å². The second-order valence-electron chi connectivity index (χ2n) is 5.87. The molecule has 0 saturated carbocycles. The van der Waals surface area contributed by atoms with Crippen molar-refractivity contribution in [3.63, 3.8) is 0 Å². The van der Waals surface area contributed by atoms with Gasteiger partial charge in [-0.1, -0.05) is 6.07 Å². The van der Waals surface area contributed by atoms with Gasteiger partial charge >= 0.3 is 11.9 Å². The maximum Gasteiger partial charge on any atom is 0.342 e. The zero-order valence-corrected chi connectivity index (χ0v) is 17.5.